The lowest BCUT2D eigenvalue weighted by Crippen LogP contribution is -2.21. The average Bonchev–Trinajstić information content (AvgIpc) is 3.31. The lowest BCUT2D eigenvalue weighted by Gasteiger charge is -2.26. The number of hydrazone groups is 1. The van der Waals surface area contributed by atoms with Crippen LogP contribution < -0.4 is 4.90 Å². The highest BCUT2D eigenvalue weighted by Gasteiger charge is 2.16. The first-order valence-corrected chi connectivity index (χ1v) is 11.5. The molecule has 0 N–H and O–H groups in total. The van der Waals surface area contributed by atoms with Crippen LogP contribution >= 0.6 is 11.3 Å². The number of para-hydroxylation sites is 1. The Morgan fingerprint density at radius 1 is 1.12 bits per heavy atom. The number of unbranched alkanes of at least 4 members (excludes halogenated alkanes) is 1. The van der Waals surface area contributed by atoms with E-state index in [2.05, 4.69) is 42.4 Å². The summed E-state index contributed by atoms with van der Waals surface area (Å²) in [5.41, 5.74) is 1.89. The zero-order valence-electron chi connectivity index (χ0n) is 19.8. The minimum atomic E-state index is -2.59. The maximum Gasteiger partial charge on any atom is 0.279 e. The van der Waals surface area contributed by atoms with Gasteiger partial charge in [-0.2, -0.15) is 5.10 Å². The standard InChI is InChI=1S/C22H27F2N3S.C2H6.CH3F/c1-5-6-16-27(18-10-8-7-9-11-18)17(2)21-15-13-19(28-21)12-14-20(22(23)24)26(4)25-3;2*1-2/h7-11,13-15,22H,2-3,5-6,12,16H2,1,4H3;1-2H3;1H3/b20-14-;;. The van der Waals surface area contributed by atoms with Gasteiger partial charge in [-0.15, -0.1) is 11.3 Å². The van der Waals surface area contributed by atoms with Crippen molar-refractivity contribution in [2.45, 2.75) is 46.5 Å². The van der Waals surface area contributed by atoms with Gasteiger partial charge < -0.3 is 4.90 Å². The number of rotatable bonds is 11. The van der Waals surface area contributed by atoms with E-state index in [1.54, 1.807) is 11.3 Å². The molecule has 0 radical (unpaired) electrons. The molecule has 0 spiro atoms. The molecule has 0 unspecified atom stereocenters. The summed E-state index contributed by atoms with van der Waals surface area (Å²) >= 11 is 1.58. The minimum Gasteiger partial charge on any atom is -0.341 e. The molecule has 0 aliphatic carbocycles. The summed E-state index contributed by atoms with van der Waals surface area (Å²) in [6.45, 7) is 14.7. The number of thiophene rings is 1. The van der Waals surface area contributed by atoms with E-state index in [-0.39, 0.29) is 5.70 Å². The topological polar surface area (TPSA) is 18.8 Å². The second-order valence-corrected chi connectivity index (χ2v) is 7.52. The Labute approximate surface area is 195 Å². The van der Waals surface area contributed by atoms with Crippen molar-refractivity contribution in [3.05, 3.63) is 70.6 Å². The van der Waals surface area contributed by atoms with Gasteiger partial charge in [0.25, 0.3) is 6.43 Å². The molecule has 0 aliphatic rings. The van der Waals surface area contributed by atoms with Crippen molar-refractivity contribution in [2.24, 2.45) is 5.10 Å². The van der Waals surface area contributed by atoms with Crippen molar-refractivity contribution in [1.29, 1.82) is 0 Å². The molecule has 0 saturated heterocycles. The third kappa shape index (κ3) is 9.30. The molecule has 1 aromatic heterocycles. The molecule has 0 atom stereocenters. The van der Waals surface area contributed by atoms with Crippen LogP contribution in [0.3, 0.4) is 0 Å². The van der Waals surface area contributed by atoms with Crippen LogP contribution in [0.15, 0.2) is 65.9 Å². The lowest BCUT2D eigenvalue weighted by molar-refractivity contribution is 0.150. The number of benzene rings is 1. The highest BCUT2D eigenvalue weighted by Crippen LogP contribution is 2.30. The van der Waals surface area contributed by atoms with E-state index in [4.69, 9.17) is 0 Å². The van der Waals surface area contributed by atoms with E-state index in [9.17, 15) is 13.2 Å². The molecule has 1 heterocycles. The molecule has 2 rings (SSSR count). The van der Waals surface area contributed by atoms with Crippen molar-refractivity contribution in [2.75, 3.05) is 25.7 Å². The molecule has 0 amide bonds. The van der Waals surface area contributed by atoms with Crippen LogP contribution in [0.25, 0.3) is 5.70 Å². The Morgan fingerprint density at radius 3 is 2.28 bits per heavy atom. The Bertz CT molecular complexity index is 804. The molecule has 7 heteroatoms. The van der Waals surface area contributed by atoms with Gasteiger partial charge in [0.15, 0.2) is 0 Å². The number of halogens is 3. The van der Waals surface area contributed by atoms with Crippen molar-refractivity contribution in [3.63, 3.8) is 0 Å². The number of hydrogen-bond acceptors (Lipinski definition) is 4. The van der Waals surface area contributed by atoms with Gasteiger partial charge in [-0.1, -0.05) is 58.0 Å². The third-order valence-corrected chi connectivity index (χ3v) is 5.55. The maximum atomic E-state index is 13.2. The fraction of sp³-hybridized carbons (Fsp3) is 0.400. The summed E-state index contributed by atoms with van der Waals surface area (Å²) in [7, 11) is 1.97. The largest absolute Gasteiger partial charge is 0.341 e. The molecule has 3 nitrogen and oxygen atoms in total. The fourth-order valence-corrected chi connectivity index (χ4v) is 3.72. The predicted octanol–water partition coefficient (Wildman–Crippen LogP) is 7.88. The number of allylic oxidation sites excluding steroid dienone is 2. The Morgan fingerprint density at radius 2 is 1.75 bits per heavy atom. The van der Waals surface area contributed by atoms with Gasteiger partial charge in [0.1, 0.15) is 0 Å². The van der Waals surface area contributed by atoms with Crippen molar-refractivity contribution < 1.29 is 13.2 Å². The Balaban J connectivity index is 0.00000227. The predicted molar refractivity (Wildman–Crippen MR) is 136 cm³/mol. The van der Waals surface area contributed by atoms with Gasteiger partial charge in [0.05, 0.1) is 23.4 Å². The lowest BCUT2D eigenvalue weighted by atomic mass is 10.2. The van der Waals surface area contributed by atoms with Crippen molar-refractivity contribution in [1.82, 2.24) is 5.01 Å². The molecular weight excluding hydrogens is 431 g/mol. The first-order valence-electron chi connectivity index (χ1n) is 10.6. The van der Waals surface area contributed by atoms with Crippen LogP contribution in [0.1, 0.15) is 43.4 Å². The zero-order chi connectivity index (χ0) is 24.5. The first-order chi connectivity index (χ1) is 15.5. The quantitative estimate of drug-likeness (QED) is 0.247. The molecule has 2 aromatic rings. The van der Waals surface area contributed by atoms with E-state index >= 15 is 0 Å². The van der Waals surface area contributed by atoms with Crippen molar-refractivity contribution in [3.8, 4) is 0 Å². The van der Waals surface area contributed by atoms with Crippen LogP contribution in [0.4, 0.5) is 18.9 Å². The van der Waals surface area contributed by atoms with Crippen molar-refractivity contribution >= 4 is 29.4 Å². The summed E-state index contributed by atoms with van der Waals surface area (Å²) in [5.74, 6) is 0. The molecule has 1 aromatic carbocycles. The molecule has 0 saturated carbocycles. The van der Waals surface area contributed by atoms with E-state index in [0.29, 0.717) is 13.6 Å². The van der Waals surface area contributed by atoms with Crippen LogP contribution in [-0.4, -0.2) is 38.9 Å². The second-order valence-electron chi connectivity index (χ2n) is 6.35. The molecule has 0 aliphatic heterocycles. The summed E-state index contributed by atoms with van der Waals surface area (Å²) in [6.07, 6.45) is 1.49. The van der Waals surface area contributed by atoms with Crippen LogP contribution in [0.5, 0.6) is 0 Å². The van der Waals surface area contributed by atoms with Gasteiger partial charge in [-0.25, -0.2) is 8.78 Å². The minimum absolute atomic E-state index is 0.141. The van der Waals surface area contributed by atoms with Crippen LogP contribution in [0.2, 0.25) is 0 Å². The summed E-state index contributed by atoms with van der Waals surface area (Å²) < 4.78 is 35.8. The van der Waals surface area contributed by atoms with Crippen LogP contribution in [-0.2, 0) is 6.42 Å². The highest BCUT2D eigenvalue weighted by molar-refractivity contribution is 7.13. The number of alkyl halides is 3. The molecular formula is C25H36F3N3S. The number of nitrogens with zero attached hydrogens (tertiary/aromatic N) is 3. The summed E-state index contributed by atoms with van der Waals surface area (Å²) in [4.78, 5) is 4.25. The first kappa shape index (κ1) is 29.5. The smallest absolute Gasteiger partial charge is 0.279 e. The number of anilines is 1. The third-order valence-electron chi connectivity index (χ3n) is 4.40. The van der Waals surface area contributed by atoms with E-state index < -0.39 is 6.43 Å². The van der Waals surface area contributed by atoms with Gasteiger partial charge in [0, 0.05) is 37.3 Å². The zero-order valence-corrected chi connectivity index (χ0v) is 20.6. The Kier molecular flexibility index (Phi) is 15.7. The van der Waals surface area contributed by atoms with E-state index in [1.807, 2.05) is 44.2 Å². The average molecular weight is 468 g/mol. The molecule has 178 valence electrons. The van der Waals surface area contributed by atoms with E-state index in [0.717, 1.165) is 45.5 Å². The second kappa shape index (κ2) is 17.1. The summed E-state index contributed by atoms with van der Waals surface area (Å²) in [6, 6.07) is 14.2. The van der Waals surface area contributed by atoms with Gasteiger partial charge in [-0.05, 0) is 30.7 Å². The molecule has 0 bridgehead atoms. The highest BCUT2D eigenvalue weighted by atomic mass is 32.1. The fourth-order valence-electron chi connectivity index (χ4n) is 2.77. The van der Waals surface area contributed by atoms with Crippen LogP contribution in [0, 0.1) is 0 Å². The molecule has 0 fully saturated rings. The monoisotopic (exact) mass is 467 g/mol. The van der Waals surface area contributed by atoms with Gasteiger partial charge in [-0.3, -0.25) is 9.40 Å². The van der Waals surface area contributed by atoms with Gasteiger partial charge >= 0.3 is 0 Å². The SMILES string of the molecule is C=NN(C)/C(=C\Cc1ccc(C(=C)N(CCCC)c2ccccc2)s1)C(F)F.CC.CF. The van der Waals surface area contributed by atoms with E-state index in [1.165, 1.54) is 13.1 Å². The summed E-state index contributed by atoms with van der Waals surface area (Å²) in [5, 5.41) is 4.67. The number of hydrogen-bond donors (Lipinski definition) is 0. The normalized spacial score (nSPS) is 10.5. The van der Waals surface area contributed by atoms with Gasteiger partial charge in [0.2, 0.25) is 0 Å². The Hall–Kier alpha value is -2.54. The maximum absolute atomic E-state index is 13.2. The molecule has 32 heavy (non-hydrogen) atoms.